The number of hydrogen-bond acceptors (Lipinski definition) is 4. The average Bonchev–Trinajstić information content (AvgIpc) is 2.55. The highest BCUT2D eigenvalue weighted by Gasteiger charge is 2.19. The molecule has 5 heteroatoms. The third-order valence-electron chi connectivity index (χ3n) is 2.92. The molecule has 2 rings (SSSR count). The number of esters is 1. The second-order valence-electron chi connectivity index (χ2n) is 4.60. The zero-order chi connectivity index (χ0) is 15.9. The number of para-hydroxylation sites is 1. The van der Waals surface area contributed by atoms with Gasteiger partial charge in [0.1, 0.15) is 0 Å². The van der Waals surface area contributed by atoms with Gasteiger partial charge in [-0.1, -0.05) is 24.3 Å². The lowest BCUT2D eigenvalue weighted by Crippen LogP contribution is -2.30. The Morgan fingerprint density at radius 2 is 1.86 bits per heavy atom. The molecule has 1 N–H and O–H groups in total. The Kier molecular flexibility index (Phi) is 4.89. The lowest BCUT2D eigenvalue weighted by atomic mass is 10.1. The molecule has 22 heavy (non-hydrogen) atoms. The van der Waals surface area contributed by atoms with E-state index in [1.165, 1.54) is 19.1 Å². The number of carbonyl (C=O) groups excluding carboxylic acids is 2. The topological polar surface area (TPSA) is 79.2 Å². The molecule has 0 aromatic heterocycles. The molecule has 0 fully saturated rings. The van der Waals surface area contributed by atoms with E-state index in [-0.39, 0.29) is 5.56 Å². The average molecular weight is 294 g/mol. The maximum atomic E-state index is 12.0. The summed E-state index contributed by atoms with van der Waals surface area (Å²) in [6, 6.07) is 17.0. The number of benzene rings is 2. The van der Waals surface area contributed by atoms with Crippen LogP contribution < -0.4 is 5.32 Å². The van der Waals surface area contributed by atoms with Crippen LogP contribution in [0.3, 0.4) is 0 Å². The summed E-state index contributed by atoms with van der Waals surface area (Å²) in [5.74, 6) is -1.07. The van der Waals surface area contributed by atoms with Crippen molar-refractivity contribution in [1.82, 2.24) is 0 Å². The van der Waals surface area contributed by atoms with Gasteiger partial charge in [0.15, 0.2) is 6.10 Å². The Bertz CT molecular complexity index is 720. The van der Waals surface area contributed by atoms with Gasteiger partial charge in [-0.05, 0) is 37.3 Å². The molecule has 0 saturated heterocycles. The van der Waals surface area contributed by atoms with Crippen molar-refractivity contribution < 1.29 is 14.3 Å². The van der Waals surface area contributed by atoms with Crippen molar-refractivity contribution in [2.45, 2.75) is 13.0 Å². The zero-order valence-corrected chi connectivity index (χ0v) is 11.9. The van der Waals surface area contributed by atoms with Gasteiger partial charge in [0.2, 0.25) is 0 Å². The van der Waals surface area contributed by atoms with Crippen LogP contribution in [0.2, 0.25) is 0 Å². The van der Waals surface area contributed by atoms with Crippen LogP contribution in [0.4, 0.5) is 5.69 Å². The summed E-state index contributed by atoms with van der Waals surface area (Å²) in [6.45, 7) is 1.49. The summed E-state index contributed by atoms with van der Waals surface area (Å²) in [6.07, 6.45) is -0.946. The van der Waals surface area contributed by atoms with E-state index in [9.17, 15) is 9.59 Å². The molecule has 0 aliphatic carbocycles. The first-order valence-electron chi connectivity index (χ1n) is 6.67. The Morgan fingerprint density at radius 3 is 2.55 bits per heavy atom. The number of nitrogens with one attached hydrogen (secondary N) is 1. The van der Waals surface area contributed by atoms with E-state index in [0.717, 1.165) is 0 Å². The fourth-order valence-electron chi connectivity index (χ4n) is 1.76. The van der Waals surface area contributed by atoms with Crippen LogP contribution in [-0.4, -0.2) is 18.0 Å². The first-order valence-corrected chi connectivity index (χ1v) is 6.67. The number of rotatable bonds is 4. The van der Waals surface area contributed by atoms with Gasteiger partial charge in [-0.25, -0.2) is 4.79 Å². The summed E-state index contributed by atoms with van der Waals surface area (Å²) in [4.78, 5) is 23.9. The molecule has 0 radical (unpaired) electrons. The maximum absolute atomic E-state index is 12.0. The third-order valence-corrected chi connectivity index (χ3v) is 2.92. The van der Waals surface area contributed by atoms with Gasteiger partial charge < -0.3 is 10.1 Å². The van der Waals surface area contributed by atoms with Crippen molar-refractivity contribution in [3.8, 4) is 6.07 Å². The van der Waals surface area contributed by atoms with Crippen molar-refractivity contribution in [3.63, 3.8) is 0 Å². The first-order chi connectivity index (χ1) is 10.6. The summed E-state index contributed by atoms with van der Waals surface area (Å²) in [5.41, 5.74) is 1.22. The van der Waals surface area contributed by atoms with E-state index in [4.69, 9.17) is 10.00 Å². The normalized spacial score (nSPS) is 11.1. The van der Waals surface area contributed by atoms with Gasteiger partial charge >= 0.3 is 5.97 Å². The van der Waals surface area contributed by atoms with Crippen molar-refractivity contribution in [1.29, 1.82) is 5.26 Å². The van der Waals surface area contributed by atoms with Gasteiger partial charge in [0.25, 0.3) is 5.91 Å². The number of ether oxygens (including phenoxy) is 1. The first kappa shape index (κ1) is 15.3. The number of hydrogen-bond donors (Lipinski definition) is 1. The Morgan fingerprint density at radius 1 is 1.14 bits per heavy atom. The highest BCUT2D eigenvalue weighted by Crippen LogP contribution is 2.10. The number of amides is 1. The fourth-order valence-corrected chi connectivity index (χ4v) is 1.76. The van der Waals surface area contributed by atoms with Crippen LogP contribution in [0, 0.1) is 11.3 Å². The third kappa shape index (κ3) is 3.93. The van der Waals surface area contributed by atoms with E-state index in [1.54, 1.807) is 36.4 Å². The molecular formula is C17H14N2O3. The summed E-state index contributed by atoms with van der Waals surface area (Å²) in [7, 11) is 0. The Hall–Kier alpha value is -3.13. The standard InChI is InChI=1S/C17H14N2O3/c1-12(16(20)19-15-8-3-2-4-9-15)22-17(21)14-7-5-6-13(10-14)11-18/h2-10,12H,1H3,(H,19,20)/t12-/m1/s1. The maximum Gasteiger partial charge on any atom is 0.338 e. The largest absolute Gasteiger partial charge is 0.449 e. The van der Waals surface area contributed by atoms with Crippen molar-refractivity contribution >= 4 is 17.6 Å². The molecule has 2 aromatic carbocycles. The lowest BCUT2D eigenvalue weighted by molar-refractivity contribution is -0.123. The summed E-state index contributed by atoms with van der Waals surface area (Å²) in [5, 5.41) is 11.5. The molecule has 0 heterocycles. The predicted molar refractivity (Wildman–Crippen MR) is 81.1 cm³/mol. The predicted octanol–water partition coefficient (Wildman–Crippen LogP) is 2.74. The molecule has 1 amide bonds. The SMILES string of the molecule is C[C@@H](OC(=O)c1cccc(C#N)c1)C(=O)Nc1ccccc1. The van der Waals surface area contributed by atoms with Gasteiger partial charge in [0, 0.05) is 5.69 Å². The zero-order valence-electron chi connectivity index (χ0n) is 11.9. The van der Waals surface area contributed by atoms with E-state index < -0.39 is 18.0 Å². The van der Waals surface area contributed by atoms with E-state index >= 15 is 0 Å². The molecule has 110 valence electrons. The quantitative estimate of drug-likeness (QED) is 0.879. The number of nitriles is 1. The molecule has 2 aromatic rings. The minimum atomic E-state index is -0.946. The molecule has 0 spiro atoms. The molecular weight excluding hydrogens is 280 g/mol. The summed E-state index contributed by atoms with van der Waals surface area (Å²) < 4.78 is 5.11. The van der Waals surface area contributed by atoms with Gasteiger partial charge in [-0.3, -0.25) is 4.79 Å². The van der Waals surface area contributed by atoms with Crippen molar-refractivity contribution in [3.05, 3.63) is 65.7 Å². The van der Waals surface area contributed by atoms with Crippen LogP contribution in [0.25, 0.3) is 0 Å². The molecule has 0 saturated carbocycles. The fraction of sp³-hybridized carbons (Fsp3) is 0.118. The summed E-state index contributed by atoms with van der Waals surface area (Å²) >= 11 is 0. The molecule has 0 unspecified atom stereocenters. The Balaban J connectivity index is 1.98. The van der Waals surface area contributed by atoms with Crippen LogP contribution in [-0.2, 0) is 9.53 Å². The minimum absolute atomic E-state index is 0.235. The monoisotopic (exact) mass is 294 g/mol. The minimum Gasteiger partial charge on any atom is -0.449 e. The van der Waals surface area contributed by atoms with Crippen LogP contribution in [0.15, 0.2) is 54.6 Å². The van der Waals surface area contributed by atoms with Gasteiger partial charge in [0.05, 0.1) is 17.2 Å². The molecule has 5 nitrogen and oxygen atoms in total. The highest BCUT2D eigenvalue weighted by atomic mass is 16.5. The van der Waals surface area contributed by atoms with E-state index in [0.29, 0.717) is 11.3 Å². The molecule has 0 bridgehead atoms. The second kappa shape index (κ2) is 7.04. The molecule has 0 aliphatic heterocycles. The van der Waals surface area contributed by atoms with E-state index in [2.05, 4.69) is 5.32 Å². The Labute approximate surface area is 128 Å². The lowest BCUT2D eigenvalue weighted by Gasteiger charge is -2.13. The number of nitrogens with zero attached hydrogens (tertiary/aromatic N) is 1. The highest BCUT2D eigenvalue weighted by molar-refractivity contribution is 5.97. The smallest absolute Gasteiger partial charge is 0.338 e. The molecule has 0 aliphatic rings. The van der Waals surface area contributed by atoms with Crippen LogP contribution >= 0.6 is 0 Å². The van der Waals surface area contributed by atoms with E-state index in [1.807, 2.05) is 12.1 Å². The second-order valence-corrected chi connectivity index (χ2v) is 4.60. The number of carbonyl (C=O) groups is 2. The van der Waals surface area contributed by atoms with Crippen LogP contribution in [0.5, 0.6) is 0 Å². The number of anilines is 1. The van der Waals surface area contributed by atoms with Crippen LogP contribution in [0.1, 0.15) is 22.8 Å². The molecule has 1 atom stereocenters. The van der Waals surface area contributed by atoms with Crippen molar-refractivity contribution in [2.75, 3.05) is 5.32 Å². The van der Waals surface area contributed by atoms with Crippen molar-refractivity contribution in [2.24, 2.45) is 0 Å². The van der Waals surface area contributed by atoms with Gasteiger partial charge in [-0.15, -0.1) is 0 Å². The van der Waals surface area contributed by atoms with Gasteiger partial charge in [-0.2, -0.15) is 5.26 Å².